The molecule has 2 rings (SSSR count). The van der Waals surface area contributed by atoms with E-state index in [1.807, 2.05) is 0 Å². The highest BCUT2D eigenvalue weighted by Crippen LogP contribution is 2.31. The Hall–Kier alpha value is -2.02. The molecule has 1 aromatic carbocycles. The summed E-state index contributed by atoms with van der Waals surface area (Å²) in [6.45, 7) is 1.39. The van der Waals surface area contributed by atoms with Gasteiger partial charge in [0.25, 0.3) is 5.91 Å². The van der Waals surface area contributed by atoms with Crippen LogP contribution < -0.4 is 10.6 Å². The molecule has 2 amide bonds. The number of fused-ring (bicyclic) bond motifs is 1. The van der Waals surface area contributed by atoms with Crippen LogP contribution in [0.5, 0.6) is 0 Å². The lowest BCUT2D eigenvalue weighted by molar-refractivity contribution is -0.138. The molecule has 1 aliphatic rings. The number of carbonyl (C=O) groups excluding carboxylic acids is 2. The number of carbonyl (C=O) groups is 3. The average Bonchev–Trinajstić information content (AvgIpc) is 2.57. The predicted molar refractivity (Wildman–Crippen MR) is 75.0 cm³/mol. The number of carboxylic acids is 1. The van der Waals surface area contributed by atoms with Gasteiger partial charge in [0.2, 0.25) is 5.91 Å². The molecule has 0 radical (unpaired) electrons. The Labute approximate surface area is 119 Å². The molecule has 20 heavy (non-hydrogen) atoms. The summed E-state index contributed by atoms with van der Waals surface area (Å²) < 4.78 is 0. The van der Waals surface area contributed by atoms with E-state index in [1.54, 1.807) is 30.0 Å². The number of benzene rings is 1. The summed E-state index contributed by atoms with van der Waals surface area (Å²) in [4.78, 5) is 35.0. The van der Waals surface area contributed by atoms with Crippen LogP contribution in [0.25, 0.3) is 0 Å². The van der Waals surface area contributed by atoms with Crippen LogP contribution >= 0.6 is 11.8 Å². The molecule has 1 heterocycles. The molecule has 0 aliphatic carbocycles. The van der Waals surface area contributed by atoms with Crippen molar-refractivity contribution in [2.45, 2.75) is 24.3 Å². The van der Waals surface area contributed by atoms with Crippen molar-refractivity contribution in [1.82, 2.24) is 5.32 Å². The van der Waals surface area contributed by atoms with Crippen molar-refractivity contribution in [3.63, 3.8) is 0 Å². The van der Waals surface area contributed by atoms with E-state index in [-0.39, 0.29) is 5.91 Å². The molecule has 0 aromatic heterocycles. The van der Waals surface area contributed by atoms with E-state index in [0.29, 0.717) is 23.4 Å². The molecule has 1 aromatic rings. The van der Waals surface area contributed by atoms with Crippen molar-refractivity contribution >= 4 is 35.2 Å². The van der Waals surface area contributed by atoms with Gasteiger partial charge in [-0.15, -0.1) is 11.8 Å². The second-order valence-electron chi connectivity index (χ2n) is 4.39. The quantitative estimate of drug-likeness (QED) is 0.781. The monoisotopic (exact) mass is 294 g/mol. The largest absolute Gasteiger partial charge is 0.480 e. The van der Waals surface area contributed by atoms with E-state index in [1.165, 1.54) is 6.92 Å². The lowest BCUT2D eigenvalue weighted by Gasteiger charge is -2.11. The highest BCUT2D eigenvalue weighted by atomic mass is 32.2. The zero-order chi connectivity index (χ0) is 14.7. The van der Waals surface area contributed by atoms with E-state index < -0.39 is 17.9 Å². The number of aliphatic carboxylic acids is 1. The number of thioether (sulfide) groups is 1. The van der Waals surface area contributed by atoms with Gasteiger partial charge in [0.05, 0.1) is 5.69 Å². The van der Waals surface area contributed by atoms with Crippen molar-refractivity contribution in [3.8, 4) is 0 Å². The lowest BCUT2D eigenvalue weighted by atomic mass is 10.1. The van der Waals surface area contributed by atoms with Gasteiger partial charge in [0.1, 0.15) is 6.04 Å². The Bertz CT molecular complexity index is 573. The number of hydrogen-bond acceptors (Lipinski definition) is 4. The first-order valence-corrected chi connectivity index (χ1v) is 7.06. The summed E-state index contributed by atoms with van der Waals surface area (Å²) >= 11 is 1.54. The minimum Gasteiger partial charge on any atom is -0.480 e. The fraction of sp³-hybridized carbons (Fsp3) is 0.308. The Kier molecular flexibility index (Phi) is 4.29. The molecule has 0 bridgehead atoms. The number of nitrogens with one attached hydrogen (secondary N) is 2. The highest BCUT2D eigenvalue weighted by molar-refractivity contribution is 7.99. The maximum absolute atomic E-state index is 11.9. The Balaban J connectivity index is 2.20. The van der Waals surface area contributed by atoms with Crippen molar-refractivity contribution < 1.29 is 19.5 Å². The van der Waals surface area contributed by atoms with Crippen LogP contribution in [0.1, 0.15) is 23.7 Å². The average molecular weight is 294 g/mol. The van der Waals surface area contributed by atoms with Crippen LogP contribution in [0, 0.1) is 0 Å². The summed E-state index contributed by atoms with van der Waals surface area (Å²) in [5.74, 6) is -0.976. The van der Waals surface area contributed by atoms with Crippen molar-refractivity contribution in [3.05, 3.63) is 23.8 Å². The van der Waals surface area contributed by atoms with Gasteiger partial charge >= 0.3 is 5.97 Å². The highest BCUT2D eigenvalue weighted by Gasteiger charge is 2.18. The number of hydrogen-bond donors (Lipinski definition) is 3. The standard InChI is InChI=1S/C13H14N2O4S/c1-7(13(18)19)14-12(17)8-2-3-10-9(6-8)15-11(16)4-5-20-10/h2-3,6-7H,4-5H2,1H3,(H,14,17)(H,15,16)(H,18,19)/t7-/m0/s1. The summed E-state index contributed by atoms with van der Waals surface area (Å²) in [6.07, 6.45) is 0.428. The first-order chi connectivity index (χ1) is 9.47. The summed E-state index contributed by atoms with van der Waals surface area (Å²) in [7, 11) is 0. The van der Waals surface area contributed by atoms with Crippen LogP contribution in [0.15, 0.2) is 23.1 Å². The second-order valence-corrected chi connectivity index (χ2v) is 5.53. The third-order valence-corrected chi connectivity index (χ3v) is 3.90. The number of amides is 2. The minimum atomic E-state index is -1.10. The van der Waals surface area contributed by atoms with E-state index in [4.69, 9.17) is 5.11 Å². The van der Waals surface area contributed by atoms with E-state index >= 15 is 0 Å². The van der Waals surface area contributed by atoms with Gasteiger partial charge < -0.3 is 15.7 Å². The van der Waals surface area contributed by atoms with Crippen LogP contribution in [0.4, 0.5) is 5.69 Å². The zero-order valence-electron chi connectivity index (χ0n) is 10.8. The fourth-order valence-corrected chi connectivity index (χ4v) is 2.64. The Morgan fingerprint density at radius 3 is 2.90 bits per heavy atom. The van der Waals surface area contributed by atoms with Gasteiger partial charge in [0.15, 0.2) is 0 Å². The van der Waals surface area contributed by atoms with Crippen molar-refractivity contribution in [1.29, 1.82) is 0 Å². The van der Waals surface area contributed by atoms with Crippen LogP contribution in [0.2, 0.25) is 0 Å². The van der Waals surface area contributed by atoms with Crippen molar-refractivity contribution in [2.75, 3.05) is 11.1 Å². The maximum Gasteiger partial charge on any atom is 0.325 e. The van der Waals surface area contributed by atoms with Gasteiger partial charge in [-0.2, -0.15) is 0 Å². The molecule has 7 heteroatoms. The third-order valence-electron chi connectivity index (χ3n) is 2.82. The molecule has 0 spiro atoms. The second kappa shape index (κ2) is 5.96. The normalized spacial score (nSPS) is 15.6. The smallest absolute Gasteiger partial charge is 0.325 e. The number of rotatable bonds is 3. The molecule has 106 valence electrons. The Morgan fingerprint density at radius 2 is 2.20 bits per heavy atom. The van der Waals surface area contributed by atoms with E-state index in [9.17, 15) is 14.4 Å². The molecular formula is C13H14N2O4S. The van der Waals surface area contributed by atoms with Gasteiger partial charge in [-0.25, -0.2) is 0 Å². The van der Waals surface area contributed by atoms with Crippen LogP contribution in [-0.4, -0.2) is 34.7 Å². The van der Waals surface area contributed by atoms with Crippen LogP contribution in [0.3, 0.4) is 0 Å². The minimum absolute atomic E-state index is 0.0901. The molecule has 3 N–H and O–H groups in total. The number of carboxylic acid groups (broad SMARTS) is 1. The maximum atomic E-state index is 11.9. The van der Waals surface area contributed by atoms with E-state index in [2.05, 4.69) is 10.6 Å². The number of anilines is 1. The van der Waals surface area contributed by atoms with Gasteiger partial charge in [0, 0.05) is 22.6 Å². The summed E-state index contributed by atoms with van der Waals surface area (Å²) in [6, 6.07) is 3.97. The molecular weight excluding hydrogens is 280 g/mol. The molecule has 0 fully saturated rings. The van der Waals surface area contributed by atoms with Crippen LogP contribution in [-0.2, 0) is 9.59 Å². The summed E-state index contributed by atoms with van der Waals surface area (Å²) in [5, 5.41) is 13.9. The molecule has 0 unspecified atom stereocenters. The summed E-state index contributed by atoms with van der Waals surface area (Å²) in [5.41, 5.74) is 0.910. The van der Waals surface area contributed by atoms with Gasteiger partial charge in [-0.05, 0) is 25.1 Å². The molecule has 0 saturated heterocycles. The molecule has 1 atom stereocenters. The van der Waals surface area contributed by atoms with Gasteiger partial charge in [-0.3, -0.25) is 14.4 Å². The van der Waals surface area contributed by atoms with Gasteiger partial charge in [-0.1, -0.05) is 0 Å². The third kappa shape index (κ3) is 3.30. The lowest BCUT2D eigenvalue weighted by Crippen LogP contribution is -2.38. The topological polar surface area (TPSA) is 95.5 Å². The Morgan fingerprint density at radius 1 is 1.45 bits per heavy atom. The molecule has 1 aliphatic heterocycles. The first kappa shape index (κ1) is 14.4. The predicted octanol–water partition coefficient (Wildman–Crippen LogP) is 1.32. The zero-order valence-corrected chi connectivity index (χ0v) is 11.6. The fourth-order valence-electron chi connectivity index (χ4n) is 1.70. The SMILES string of the molecule is C[C@H](NC(=O)c1ccc2c(c1)NC(=O)CCS2)C(=O)O. The van der Waals surface area contributed by atoms with E-state index in [0.717, 1.165) is 4.90 Å². The first-order valence-electron chi connectivity index (χ1n) is 6.08. The molecule has 0 saturated carbocycles. The molecule has 6 nitrogen and oxygen atoms in total. The van der Waals surface area contributed by atoms with Crippen molar-refractivity contribution in [2.24, 2.45) is 0 Å².